The van der Waals surface area contributed by atoms with Gasteiger partial charge in [-0.2, -0.15) is 13.2 Å². The molecule has 7 nitrogen and oxygen atoms in total. The molecule has 0 bridgehead atoms. The zero-order chi connectivity index (χ0) is 29.1. The van der Waals surface area contributed by atoms with E-state index < -0.39 is 22.6 Å². The van der Waals surface area contributed by atoms with Crippen molar-refractivity contribution in [3.63, 3.8) is 0 Å². The largest absolute Gasteiger partial charge is 0.479 e. The molecule has 1 heterocycles. The van der Waals surface area contributed by atoms with E-state index in [1.807, 2.05) is 13.1 Å². The molecule has 1 aliphatic carbocycles. The van der Waals surface area contributed by atoms with Gasteiger partial charge in [-0.1, -0.05) is 12.0 Å². The fourth-order valence-electron chi connectivity index (χ4n) is 5.05. The van der Waals surface area contributed by atoms with Crippen LogP contribution in [0, 0.1) is 11.8 Å². The van der Waals surface area contributed by atoms with Crippen LogP contribution in [-0.4, -0.2) is 65.3 Å². The van der Waals surface area contributed by atoms with Gasteiger partial charge in [0.1, 0.15) is 18.9 Å². The topological polar surface area (TPSA) is 75.6 Å². The molecule has 0 saturated heterocycles. The molecule has 0 aliphatic heterocycles. The van der Waals surface area contributed by atoms with Gasteiger partial charge in [-0.05, 0) is 75.0 Å². The van der Waals surface area contributed by atoms with Gasteiger partial charge in [-0.25, -0.2) is 8.42 Å². The summed E-state index contributed by atoms with van der Waals surface area (Å²) in [6.45, 7) is -1.25. The number of nitrogens with one attached hydrogen (secondary N) is 2. The highest BCUT2D eigenvalue weighted by atomic mass is 32.2. The van der Waals surface area contributed by atoms with E-state index in [1.165, 1.54) is 16.7 Å². The Hall–Kier alpha value is -3.36. The molecule has 0 atom stereocenters. The van der Waals surface area contributed by atoms with E-state index in [0.29, 0.717) is 28.4 Å². The Labute approximate surface area is 233 Å². The van der Waals surface area contributed by atoms with Gasteiger partial charge in [0, 0.05) is 43.5 Å². The number of sulfone groups is 1. The number of nitrogens with zero attached hydrogens (tertiary/aromatic N) is 2. The van der Waals surface area contributed by atoms with Gasteiger partial charge in [0.05, 0.1) is 21.8 Å². The number of aromatic nitrogens is 1. The average Bonchev–Trinajstić information content (AvgIpc) is 3.23. The van der Waals surface area contributed by atoms with E-state index in [9.17, 15) is 21.6 Å². The van der Waals surface area contributed by atoms with Crippen molar-refractivity contribution in [3.05, 3.63) is 48.2 Å². The zero-order valence-corrected chi connectivity index (χ0v) is 23.9. The lowest BCUT2D eigenvalue weighted by molar-refractivity contribution is -0.140. The van der Waals surface area contributed by atoms with Gasteiger partial charge in [0.25, 0.3) is 0 Å². The molecule has 3 aromatic rings. The van der Waals surface area contributed by atoms with Crippen LogP contribution >= 0.6 is 0 Å². The first kappa shape index (κ1) is 29.6. The molecule has 1 aliphatic rings. The maximum absolute atomic E-state index is 13.6. The van der Waals surface area contributed by atoms with Crippen molar-refractivity contribution < 1.29 is 26.3 Å². The second-order valence-electron chi connectivity index (χ2n) is 10.3. The van der Waals surface area contributed by atoms with Gasteiger partial charge in [-0.15, -0.1) is 0 Å². The third-order valence-electron chi connectivity index (χ3n) is 7.13. The van der Waals surface area contributed by atoms with Crippen molar-refractivity contribution in [2.24, 2.45) is 0 Å². The summed E-state index contributed by atoms with van der Waals surface area (Å²) in [4.78, 5) is 1.88. The van der Waals surface area contributed by atoms with E-state index in [-0.39, 0.29) is 23.2 Å². The third-order valence-corrected chi connectivity index (χ3v) is 8.25. The summed E-state index contributed by atoms with van der Waals surface area (Å²) >= 11 is 0. The predicted octanol–water partition coefficient (Wildman–Crippen LogP) is 5.05. The maximum Gasteiger partial charge on any atom is 0.406 e. The van der Waals surface area contributed by atoms with Crippen molar-refractivity contribution >= 4 is 32.1 Å². The summed E-state index contributed by atoms with van der Waals surface area (Å²) in [7, 11) is 2.08. The Balaban J connectivity index is 1.59. The summed E-state index contributed by atoms with van der Waals surface area (Å²) < 4.78 is 71.5. The quantitative estimate of drug-likeness (QED) is 0.366. The number of alkyl halides is 3. The lowest BCUT2D eigenvalue weighted by atomic mass is 9.91. The van der Waals surface area contributed by atoms with Crippen molar-refractivity contribution in [1.29, 1.82) is 0 Å². The molecular formula is C29H35F3N4O3S. The van der Waals surface area contributed by atoms with Gasteiger partial charge in [-0.3, -0.25) is 0 Å². The molecule has 4 rings (SSSR count). The van der Waals surface area contributed by atoms with Crippen LogP contribution in [-0.2, 0) is 16.4 Å². The molecule has 40 heavy (non-hydrogen) atoms. The summed E-state index contributed by atoms with van der Waals surface area (Å²) in [5, 5.41) is 7.56. The van der Waals surface area contributed by atoms with Crippen molar-refractivity contribution in [2.45, 2.75) is 55.4 Å². The Morgan fingerprint density at radius 1 is 1.07 bits per heavy atom. The Kier molecular flexibility index (Phi) is 8.90. The number of ether oxygens (including phenoxy) is 1. The van der Waals surface area contributed by atoms with Crippen LogP contribution in [0.15, 0.2) is 47.4 Å². The number of hydrogen-bond donors (Lipinski definition) is 2. The lowest BCUT2D eigenvalue weighted by Gasteiger charge is -2.29. The smallest absolute Gasteiger partial charge is 0.406 e. The Bertz CT molecular complexity index is 1510. The number of anilines is 2. The zero-order valence-electron chi connectivity index (χ0n) is 23.1. The molecule has 216 valence electrons. The van der Waals surface area contributed by atoms with E-state index >= 15 is 0 Å². The van der Waals surface area contributed by atoms with Gasteiger partial charge >= 0.3 is 6.18 Å². The summed E-state index contributed by atoms with van der Waals surface area (Å²) in [6, 6.07) is 12.3. The summed E-state index contributed by atoms with van der Waals surface area (Å²) in [5.41, 5.74) is 2.05. The lowest BCUT2D eigenvalue weighted by Crippen LogP contribution is -2.34. The van der Waals surface area contributed by atoms with Crippen molar-refractivity contribution in [3.8, 4) is 17.6 Å². The summed E-state index contributed by atoms with van der Waals surface area (Å²) in [5.74, 6) is 6.12. The maximum atomic E-state index is 13.6. The van der Waals surface area contributed by atoms with Crippen LogP contribution in [0.3, 0.4) is 0 Å². The third kappa shape index (κ3) is 7.23. The van der Waals surface area contributed by atoms with Crippen LogP contribution in [0.2, 0.25) is 0 Å². The second-order valence-corrected chi connectivity index (χ2v) is 12.4. The average molecular weight is 577 g/mol. The fraction of sp³-hybridized carbons (Fsp3) is 0.448. The van der Waals surface area contributed by atoms with Crippen LogP contribution in [0.25, 0.3) is 10.9 Å². The van der Waals surface area contributed by atoms with Crippen LogP contribution in [0.5, 0.6) is 5.75 Å². The monoisotopic (exact) mass is 576 g/mol. The Morgan fingerprint density at radius 2 is 1.77 bits per heavy atom. The van der Waals surface area contributed by atoms with E-state index in [2.05, 4.69) is 22.5 Å². The highest BCUT2D eigenvalue weighted by Crippen LogP contribution is 2.33. The van der Waals surface area contributed by atoms with Gasteiger partial charge < -0.3 is 24.8 Å². The van der Waals surface area contributed by atoms with Gasteiger partial charge in [0.15, 0.2) is 9.84 Å². The molecular weight excluding hydrogens is 541 g/mol. The molecule has 2 aromatic carbocycles. The molecule has 0 amide bonds. The first-order valence-corrected chi connectivity index (χ1v) is 15.0. The molecule has 1 aromatic heterocycles. The first-order chi connectivity index (χ1) is 18.9. The van der Waals surface area contributed by atoms with E-state index in [1.54, 1.807) is 43.3 Å². The number of halogens is 3. The van der Waals surface area contributed by atoms with Crippen LogP contribution in [0.1, 0.15) is 31.4 Å². The van der Waals surface area contributed by atoms with Crippen molar-refractivity contribution in [1.82, 2.24) is 9.88 Å². The second kappa shape index (κ2) is 12.0. The minimum absolute atomic E-state index is 0.0909. The summed E-state index contributed by atoms with van der Waals surface area (Å²) in [6.07, 6.45) is 0.758. The number of rotatable bonds is 8. The molecule has 11 heteroatoms. The van der Waals surface area contributed by atoms with E-state index in [0.717, 1.165) is 37.6 Å². The molecule has 0 unspecified atom stereocenters. The molecule has 1 saturated carbocycles. The highest BCUT2D eigenvalue weighted by Gasteiger charge is 2.30. The standard InChI is InChI=1S/C29H35F3N4O3S/c1-33-20-10-12-21(13-11-20)34-25-8-5-9-26-24(25)17-22(36(26)19-29(30,31)32)7-6-16-39-28-15-14-23(40(4,37)38)18-27(28)35(2)3/h5,8-9,14-15,17-18,20-21,33-34H,10-13,16,19H2,1-4H3/t20-,21-. The normalized spacial score (nSPS) is 17.8. The number of fused-ring (bicyclic) bond motifs is 1. The molecule has 0 spiro atoms. The minimum Gasteiger partial charge on any atom is -0.479 e. The fourth-order valence-corrected chi connectivity index (χ4v) is 5.69. The molecule has 2 N–H and O–H groups in total. The van der Waals surface area contributed by atoms with Gasteiger partial charge in [0.2, 0.25) is 0 Å². The first-order valence-electron chi connectivity index (χ1n) is 13.1. The SMILES string of the molecule is CN[C@H]1CC[C@H](Nc2cccc3c2cc(C#CCOc2ccc(S(C)(=O)=O)cc2N(C)C)n3CC(F)(F)F)CC1. The van der Waals surface area contributed by atoms with Crippen LogP contribution in [0.4, 0.5) is 24.5 Å². The highest BCUT2D eigenvalue weighted by molar-refractivity contribution is 7.90. The number of hydrogen-bond acceptors (Lipinski definition) is 6. The predicted molar refractivity (Wildman–Crippen MR) is 153 cm³/mol. The van der Waals surface area contributed by atoms with Crippen LogP contribution < -0.4 is 20.3 Å². The van der Waals surface area contributed by atoms with Crippen molar-refractivity contribution in [2.75, 3.05) is 44.2 Å². The van der Waals surface area contributed by atoms with E-state index in [4.69, 9.17) is 4.74 Å². The molecule has 0 radical (unpaired) electrons. The number of benzene rings is 2. The minimum atomic E-state index is -4.42. The molecule has 1 fully saturated rings. The Morgan fingerprint density at radius 3 is 2.40 bits per heavy atom.